The molecule has 0 bridgehead atoms. The van der Waals surface area contributed by atoms with E-state index in [4.69, 9.17) is 11.8 Å². The van der Waals surface area contributed by atoms with Gasteiger partial charge in [0.2, 0.25) is 0 Å². The molecule has 1 heterocycles. The molecule has 0 atom stereocenters. The minimum absolute atomic E-state index is 0. The number of hydrogen-bond donors (Lipinski definition) is 0. The van der Waals surface area contributed by atoms with Gasteiger partial charge in [0.15, 0.2) is 0 Å². The molecule has 1 amide bonds. The Morgan fingerprint density at radius 3 is 1.95 bits per heavy atom. The van der Waals surface area contributed by atoms with E-state index >= 15 is 0 Å². The van der Waals surface area contributed by atoms with Crippen LogP contribution in [-0.4, -0.2) is 65.1 Å². The average Bonchev–Trinajstić information content (AvgIpc) is 2.28. The highest BCUT2D eigenvalue weighted by atomic mass is 35.5. The van der Waals surface area contributed by atoms with Crippen LogP contribution in [0.15, 0.2) is 0 Å². The number of amides is 1. The Morgan fingerprint density at radius 1 is 1.16 bits per heavy atom. The van der Waals surface area contributed by atoms with Crippen molar-refractivity contribution in [2.45, 2.75) is 45.3 Å². The summed E-state index contributed by atoms with van der Waals surface area (Å²) in [6.07, 6.45) is 1.05. The molecule has 0 spiro atoms. The van der Waals surface area contributed by atoms with Crippen molar-refractivity contribution in [3.05, 3.63) is 0 Å². The highest BCUT2D eigenvalue weighted by Crippen LogP contribution is 2.39. The Bertz CT molecular complexity index is 337. The van der Waals surface area contributed by atoms with Gasteiger partial charge in [-0.05, 0) is 27.7 Å². The van der Waals surface area contributed by atoms with Crippen LogP contribution in [0.4, 0.5) is 0 Å². The summed E-state index contributed by atoms with van der Waals surface area (Å²) >= 11 is 6.14. The Hall–Kier alpha value is -0.0300. The van der Waals surface area contributed by atoms with E-state index in [1.807, 2.05) is 27.7 Å². The van der Waals surface area contributed by atoms with Gasteiger partial charge in [0, 0.05) is 24.7 Å². The average molecular weight is 312 g/mol. The van der Waals surface area contributed by atoms with Crippen molar-refractivity contribution in [3.8, 4) is 0 Å². The Balaban J connectivity index is 0.00000324. The predicted octanol–water partition coefficient (Wildman–Crippen LogP) is -1.10. The molecule has 0 saturated carbocycles. The number of rotatable bonds is 4. The molecule has 0 aliphatic carbocycles. The monoisotopic (exact) mass is 311 g/mol. The molecule has 19 heavy (non-hydrogen) atoms. The maximum Gasteiger partial charge on any atom is 0.258 e. The number of halogens is 2. The zero-order valence-corrected chi connectivity index (χ0v) is 14.6. The van der Waals surface area contributed by atoms with E-state index in [-0.39, 0.29) is 18.3 Å². The number of nitrogens with zero attached hydrogens (tertiary/aromatic N) is 3. The molecule has 0 aromatic rings. The van der Waals surface area contributed by atoms with Gasteiger partial charge in [0.25, 0.3) is 5.91 Å². The molecular formula is C13H27Cl2N3O. The van der Waals surface area contributed by atoms with Gasteiger partial charge in [-0.3, -0.25) is 9.69 Å². The summed E-state index contributed by atoms with van der Waals surface area (Å²) in [4.78, 5) is 14.4. The Morgan fingerprint density at radius 2 is 1.63 bits per heavy atom. The maximum absolute atomic E-state index is 12.2. The van der Waals surface area contributed by atoms with Crippen LogP contribution in [-0.2, 0) is 4.79 Å². The third-order valence-corrected chi connectivity index (χ3v) is 4.30. The van der Waals surface area contributed by atoms with E-state index in [2.05, 4.69) is 26.0 Å². The van der Waals surface area contributed by atoms with Crippen LogP contribution in [0.25, 0.3) is 0 Å². The largest absolute Gasteiger partial charge is 1.00 e. The van der Waals surface area contributed by atoms with Gasteiger partial charge in [0.05, 0.1) is 33.2 Å². The first-order valence-electron chi connectivity index (χ1n) is 6.49. The van der Waals surface area contributed by atoms with E-state index in [1.165, 1.54) is 4.42 Å². The fraction of sp³-hybridized carbons (Fsp3) is 0.923. The number of quaternary nitrogens is 1. The van der Waals surface area contributed by atoms with Crippen molar-refractivity contribution in [1.82, 2.24) is 9.32 Å². The molecule has 6 heteroatoms. The van der Waals surface area contributed by atoms with Crippen LogP contribution in [0.3, 0.4) is 0 Å². The summed E-state index contributed by atoms with van der Waals surface area (Å²) in [5.74, 6) is -0.0144. The molecule has 0 N–H and O–H groups in total. The van der Waals surface area contributed by atoms with Crippen molar-refractivity contribution in [2.75, 3.05) is 34.2 Å². The van der Waals surface area contributed by atoms with Crippen molar-refractivity contribution in [1.29, 1.82) is 0 Å². The van der Waals surface area contributed by atoms with Gasteiger partial charge in [-0.15, -0.1) is 0 Å². The van der Waals surface area contributed by atoms with Gasteiger partial charge < -0.3 is 16.9 Å². The standard InChI is InChI=1S/C13H27ClN3O.ClH/c1-12(2)11(18)16(14)13(3,4)15(12)9-8-10-17(5,6)7;/h8-10H2,1-7H3;1H/q+1;/p-1. The quantitative estimate of drug-likeness (QED) is 0.486. The lowest BCUT2D eigenvalue weighted by atomic mass is 10.0. The van der Waals surface area contributed by atoms with Crippen LogP contribution < -0.4 is 12.4 Å². The summed E-state index contributed by atoms with van der Waals surface area (Å²) < 4.78 is 2.28. The second-order valence-corrected chi connectivity index (χ2v) is 7.50. The van der Waals surface area contributed by atoms with E-state index in [0.717, 1.165) is 24.0 Å². The smallest absolute Gasteiger partial charge is 0.258 e. The van der Waals surface area contributed by atoms with Crippen LogP contribution in [0.2, 0.25) is 0 Å². The van der Waals surface area contributed by atoms with E-state index in [1.54, 1.807) is 0 Å². The van der Waals surface area contributed by atoms with Crippen LogP contribution in [0.1, 0.15) is 34.1 Å². The summed E-state index contributed by atoms with van der Waals surface area (Å²) in [6, 6.07) is 0. The van der Waals surface area contributed by atoms with Gasteiger partial charge in [-0.25, -0.2) is 4.42 Å². The molecule has 1 saturated heterocycles. The third-order valence-electron chi connectivity index (χ3n) is 3.73. The Labute approximate surface area is 128 Å². The molecule has 1 aliphatic heterocycles. The minimum atomic E-state index is -0.518. The summed E-state index contributed by atoms with van der Waals surface area (Å²) in [5, 5.41) is 0. The molecule has 4 nitrogen and oxygen atoms in total. The van der Waals surface area contributed by atoms with Crippen molar-refractivity contribution in [2.24, 2.45) is 0 Å². The fourth-order valence-electron chi connectivity index (χ4n) is 2.65. The summed E-state index contributed by atoms with van der Waals surface area (Å²) in [7, 11) is 6.54. The van der Waals surface area contributed by atoms with Gasteiger partial charge in [0.1, 0.15) is 5.66 Å². The first kappa shape index (κ1) is 19.0. The van der Waals surface area contributed by atoms with Crippen LogP contribution >= 0.6 is 11.8 Å². The molecule has 0 aromatic heterocycles. The molecule has 1 aliphatic rings. The maximum atomic E-state index is 12.2. The lowest BCUT2D eigenvalue weighted by Crippen LogP contribution is -3.00. The highest BCUT2D eigenvalue weighted by Gasteiger charge is 2.55. The normalized spacial score (nSPS) is 22.5. The van der Waals surface area contributed by atoms with Gasteiger partial charge in [-0.1, -0.05) is 0 Å². The van der Waals surface area contributed by atoms with Gasteiger partial charge in [-0.2, -0.15) is 0 Å². The molecule has 114 valence electrons. The van der Waals surface area contributed by atoms with Crippen LogP contribution in [0.5, 0.6) is 0 Å². The van der Waals surface area contributed by atoms with E-state index in [0.29, 0.717) is 0 Å². The SMILES string of the molecule is CC1(C)C(=O)N(Cl)C(C)(C)N1CCC[N+](C)(C)C.[Cl-]. The van der Waals surface area contributed by atoms with Crippen molar-refractivity contribution in [3.63, 3.8) is 0 Å². The van der Waals surface area contributed by atoms with Crippen molar-refractivity contribution < 1.29 is 21.7 Å². The van der Waals surface area contributed by atoms with Crippen LogP contribution in [0, 0.1) is 0 Å². The molecule has 1 rings (SSSR count). The molecule has 0 unspecified atom stereocenters. The summed E-state index contributed by atoms with van der Waals surface area (Å²) in [6.45, 7) is 9.86. The number of hydrogen-bond acceptors (Lipinski definition) is 2. The topological polar surface area (TPSA) is 23.6 Å². The van der Waals surface area contributed by atoms with Crippen molar-refractivity contribution >= 4 is 17.7 Å². The number of carbonyl (C=O) groups excluding carboxylic acids is 1. The lowest BCUT2D eigenvalue weighted by molar-refractivity contribution is -0.870. The molecule has 1 fully saturated rings. The molecule has 0 aromatic carbocycles. The third kappa shape index (κ3) is 3.75. The van der Waals surface area contributed by atoms with E-state index in [9.17, 15) is 4.79 Å². The highest BCUT2D eigenvalue weighted by molar-refractivity contribution is 6.23. The fourth-order valence-corrected chi connectivity index (χ4v) is 2.95. The lowest BCUT2D eigenvalue weighted by Gasteiger charge is -2.38. The number of carbonyl (C=O) groups is 1. The zero-order chi connectivity index (χ0) is 14.4. The Kier molecular flexibility index (Phi) is 5.75. The minimum Gasteiger partial charge on any atom is -1.00 e. The second-order valence-electron chi connectivity index (χ2n) is 7.16. The van der Waals surface area contributed by atoms with Gasteiger partial charge >= 0.3 is 0 Å². The predicted molar refractivity (Wildman–Crippen MR) is 75.1 cm³/mol. The van der Waals surface area contributed by atoms with E-state index < -0.39 is 11.2 Å². The molecular weight excluding hydrogens is 285 g/mol. The molecule has 0 radical (unpaired) electrons. The second kappa shape index (κ2) is 5.76. The zero-order valence-electron chi connectivity index (χ0n) is 13.1. The summed E-state index contributed by atoms with van der Waals surface area (Å²) in [5.41, 5.74) is -0.941. The first-order valence-corrected chi connectivity index (χ1v) is 6.83. The first-order chi connectivity index (χ1) is 7.90.